The van der Waals surface area contributed by atoms with E-state index >= 15 is 0 Å². The second kappa shape index (κ2) is 6.16. The molecular formula is C12H25NO3S. The van der Waals surface area contributed by atoms with Crippen molar-refractivity contribution in [2.75, 3.05) is 25.2 Å². The van der Waals surface area contributed by atoms with Crippen LogP contribution >= 0.6 is 0 Å². The van der Waals surface area contributed by atoms with Gasteiger partial charge in [-0.15, -0.1) is 0 Å². The Labute approximate surface area is 105 Å². The molecular weight excluding hydrogens is 238 g/mol. The first-order valence-corrected chi connectivity index (χ1v) is 8.48. The fraction of sp³-hybridized carbons (Fsp3) is 1.00. The van der Waals surface area contributed by atoms with E-state index in [1.54, 1.807) is 0 Å². The summed E-state index contributed by atoms with van der Waals surface area (Å²) in [6.07, 6.45) is 5.20. The molecule has 17 heavy (non-hydrogen) atoms. The number of sulfone groups is 1. The van der Waals surface area contributed by atoms with Crippen LogP contribution in [-0.2, 0) is 14.6 Å². The molecule has 1 aliphatic heterocycles. The van der Waals surface area contributed by atoms with Gasteiger partial charge in [-0.25, -0.2) is 8.42 Å². The average Bonchev–Trinajstić information content (AvgIpc) is 2.23. The Balaban J connectivity index is 2.63. The van der Waals surface area contributed by atoms with Gasteiger partial charge in [0.05, 0.1) is 11.4 Å². The third-order valence-electron chi connectivity index (χ3n) is 3.46. The molecule has 0 bridgehead atoms. The van der Waals surface area contributed by atoms with Crippen LogP contribution in [0.3, 0.4) is 0 Å². The molecule has 0 aromatic carbocycles. The van der Waals surface area contributed by atoms with Gasteiger partial charge in [-0.1, -0.05) is 6.92 Å². The van der Waals surface area contributed by atoms with E-state index < -0.39 is 9.84 Å². The molecule has 5 heteroatoms. The zero-order chi connectivity index (χ0) is 12.9. The maximum Gasteiger partial charge on any atom is 0.147 e. The van der Waals surface area contributed by atoms with Gasteiger partial charge in [-0.3, -0.25) is 0 Å². The molecule has 0 radical (unpaired) electrons. The highest BCUT2D eigenvalue weighted by Gasteiger charge is 2.36. The van der Waals surface area contributed by atoms with E-state index in [1.807, 2.05) is 6.92 Å². The van der Waals surface area contributed by atoms with Crippen LogP contribution in [0, 0.1) is 0 Å². The minimum Gasteiger partial charge on any atom is -0.374 e. The van der Waals surface area contributed by atoms with Crippen LogP contribution in [0.25, 0.3) is 0 Å². The summed E-state index contributed by atoms with van der Waals surface area (Å²) in [5.74, 6) is 0.226. The van der Waals surface area contributed by atoms with Gasteiger partial charge in [0, 0.05) is 18.9 Å². The largest absolute Gasteiger partial charge is 0.374 e. The zero-order valence-corrected chi connectivity index (χ0v) is 12.0. The summed E-state index contributed by atoms with van der Waals surface area (Å²) < 4.78 is 28.4. The summed E-state index contributed by atoms with van der Waals surface area (Å²) >= 11 is 0. The van der Waals surface area contributed by atoms with E-state index in [4.69, 9.17) is 4.74 Å². The lowest BCUT2D eigenvalue weighted by Gasteiger charge is -2.41. The first-order chi connectivity index (χ1) is 7.87. The number of ether oxygens (including phenoxy) is 1. The van der Waals surface area contributed by atoms with Gasteiger partial charge in [0.25, 0.3) is 0 Å². The van der Waals surface area contributed by atoms with Crippen LogP contribution in [0.1, 0.15) is 39.5 Å². The quantitative estimate of drug-likeness (QED) is 0.786. The Morgan fingerprint density at radius 1 is 1.41 bits per heavy atom. The highest BCUT2D eigenvalue weighted by Crippen LogP contribution is 2.29. The summed E-state index contributed by atoms with van der Waals surface area (Å²) in [5, 5.41) is 3.38. The molecule has 0 aromatic heterocycles. The molecule has 102 valence electrons. The van der Waals surface area contributed by atoms with Crippen molar-refractivity contribution in [3.63, 3.8) is 0 Å². The van der Waals surface area contributed by atoms with E-state index in [0.29, 0.717) is 6.42 Å². The Morgan fingerprint density at radius 3 is 2.59 bits per heavy atom. The molecule has 0 spiro atoms. The predicted molar refractivity (Wildman–Crippen MR) is 70.0 cm³/mol. The number of hydrogen-bond donors (Lipinski definition) is 1. The van der Waals surface area contributed by atoms with E-state index in [2.05, 4.69) is 12.2 Å². The summed E-state index contributed by atoms with van der Waals surface area (Å²) in [7, 11) is -2.90. The van der Waals surface area contributed by atoms with E-state index in [1.165, 1.54) is 6.26 Å². The first-order valence-electron chi connectivity index (χ1n) is 6.42. The normalized spacial score (nSPS) is 27.9. The van der Waals surface area contributed by atoms with Gasteiger partial charge < -0.3 is 10.1 Å². The van der Waals surface area contributed by atoms with Gasteiger partial charge in [0.1, 0.15) is 9.84 Å². The zero-order valence-electron chi connectivity index (χ0n) is 11.2. The second-order valence-electron chi connectivity index (χ2n) is 5.15. The van der Waals surface area contributed by atoms with Crippen molar-refractivity contribution in [2.45, 2.75) is 51.2 Å². The van der Waals surface area contributed by atoms with Gasteiger partial charge in [-0.2, -0.15) is 0 Å². The highest BCUT2D eigenvalue weighted by atomic mass is 32.2. The molecule has 1 aliphatic rings. The molecule has 0 aromatic rings. The smallest absolute Gasteiger partial charge is 0.147 e. The van der Waals surface area contributed by atoms with E-state index in [0.717, 1.165) is 32.4 Å². The Morgan fingerprint density at radius 2 is 2.12 bits per heavy atom. The summed E-state index contributed by atoms with van der Waals surface area (Å²) in [6, 6.07) is 0.127. The molecule has 2 atom stereocenters. The SMILES string of the molecule is CCNC(CCS(C)(=O)=O)C1(C)CCCCO1. The van der Waals surface area contributed by atoms with Crippen molar-refractivity contribution in [1.82, 2.24) is 5.32 Å². The summed E-state index contributed by atoms with van der Waals surface area (Å²) in [5.41, 5.74) is -0.209. The molecule has 0 amide bonds. The minimum atomic E-state index is -2.90. The van der Waals surface area contributed by atoms with E-state index in [9.17, 15) is 8.42 Å². The third-order valence-corrected chi connectivity index (χ3v) is 4.44. The highest BCUT2D eigenvalue weighted by molar-refractivity contribution is 7.90. The summed E-state index contributed by atoms with van der Waals surface area (Å²) in [6.45, 7) is 5.77. The lowest BCUT2D eigenvalue weighted by molar-refractivity contribution is -0.0887. The summed E-state index contributed by atoms with van der Waals surface area (Å²) in [4.78, 5) is 0. The predicted octanol–water partition coefficient (Wildman–Crippen LogP) is 1.36. The number of likely N-dealkylation sites (N-methyl/N-ethyl adjacent to an activating group) is 1. The number of nitrogens with one attached hydrogen (secondary N) is 1. The average molecular weight is 263 g/mol. The Hall–Kier alpha value is -0.130. The number of rotatable bonds is 6. The maximum atomic E-state index is 11.3. The van der Waals surface area contributed by atoms with Gasteiger partial charge in [-0.05, 0) is 39.2 Å². The standard InChI is InChI=1S/C12H25NO3S/c1-4-13-11(7-10-17(3,14)15)12(2)8-5-6-9-16-12/h11,13H,4-10H2,1-3H3. The molecule has 1 N–H and O–H groups in total. The third kappa shape index (κ3) is 4.94. The molecule has 1 heterocycles. The molecule has 0 aliphatic carbocycles. The minimum absolute atomic E-state index is 0.127. The lowest BCUT2D eigenvalue weighted by atomic mass is 9.86. The van der Waals surface area contributed by atoms with E-state index in [-0.39, 0.29) is 17.4 Å². The second-order valence-corrected chi connectivity index (χ2v) is 7.41. The Bertz CT molecular complexity index is 321. The maximum absolute atomic E-state index is 11.3. The number of hydrogen-bond acceptors (Lipinski definition) is 4. The molecule has 1 rings (SSSR count). The van der Waals surface area contributed by atoms with Crippen LogP contribution in [0.2, 0.25) is 0 Å². The Kier molecular flexibility index (Phi) is 5.41. The van der Waals surface area contributed by atoms with Gasteiger partial charge >= 0.3 is 0 Å². The van der Waals surface area contributed by atoms with Crippen molar-refractivity contribution < 1.29 is 13.2 Å². The molecule has 1 fully saturated rings. The lowest BCUT2D eigenvalue weighted by Crippen LogP contribution is -2.52. The van der Waals surface area contributed by atoms with Gasteiger partial charge in [0.2, 0.25) is 0 Å². The fourth-order valence-corrected chi connectivity index (χ4v) is 3.10. The van der Waals surface area contributed by atoms with Crippen molar-refractivity contribution in [1.29, 1.82) is 0 Å². The molecule has 4 nitrogen and oxygen atoms in total. The topological polar surface area (TPSA) is 55.4 Å². The fourth-order valence-electron chi connectivity index (χ4n) is 2.43. The van der Waals surface area contributed by atoms with Crippen LogP contribution in [0.15, 0.2) is 0 Å². The molecule has 1 saturated heterocycles. The molecule has 2 unspecified atom stereocenters. The van der Waals surface area contributed by atoms with Crippen molar-refractivity contribution in [3.8, 4) is 0 Å². The van der Waals surface area contributed by atoms with Crippen molar-refractivity contribution in [2.24, 2.45) is 0 Å². The van der Waals surface area contributed by atoms with Crippen LogP contribution in [0.5, 0.6) is 0 Å². The van der Waals surface area contributed by atoms with Crippen LogP contribution < -0.4 is 5.32 Å². The monoisotopic (exact) mass is 263 g/mol. The van der Waals surface area contributed by atoms with Crippen molar-refractivity contribution in [3.05, 3.63) is 0 Å². The van der Waals surface area contributed by atoms with Crippen LogP contribution in [-0.4, -0.2) is 45.2 Å². The van der Waals surface area contributed by atoms with Crippen molar-refractivity contribution >= 4 is 9.84 Å². The molecule has 0 saturated carbocycles. The van der Waals surface area contributed by atoms with Gasteiger partial charge in [0.15, 0.2) is 0 Å². The van der Waals surface area contributed by atoms with Crippen LogP contribution in [0.4, 0.5) is 0 Å². The first kappa shape index (κ1) is 14.9.